The average Bonchev–Trinajstić information content (AvgIpc) is 3.04. The molecule has 1 N–H and O–H groups in total. The third kappa shape index (κ3) is 4.42. The van der Waals surface area contributed by atoms with Crippen LogP contribution in [-0.2, 0) is 13.0 Å². The van der Waals surface area contributed by atoms with Crippen LogP contribution in [0.3, 0.4) is 0 Å². The van der Waals surface area contributed by atoms with Crippen molar-refractivity contribution in [1.29, 1.82) is 0 Å². The third-order valence-corrected chi connectivity index (χ3v) is 4.92. The molecule has 0 saturated heterocycles. The van der Waals surface area contributed by atoms with Crippen molar-refractivity contribution in [3.8, 4) is 5.75 Å². The molecule has 0 aliphatic heterocycles. The Hall–Kier alpha value is -3.08. The van der Waals surface area contributed by atoms with Crippen LogP contribution in [0.2, 0.25) is 0 Å². The summed E-state index contributed by atoms with van der Waals surface area (Å²) < 4.78 is 11.1. The van der Waals surface area contributed by atoms with Gasteiger partial charge in [-0.1, -0.05) is 48.5 Å². The van der Waals surface area contributed by atoms with Gasteiger partial charge in [0, 0.05) is 0 Å². The van der Waals surface area contributed by atoms with Crippen LogP contribution in [0.1, 0.15) is 58.4 Å². The zero-order valence-corrected chi connectivity index (χ0v) is 16.8. The molecular formula is C23H26N2O3. The first-order valence-electron chi connectivity index (χ1n) is 9.52. The van der Waals surface area contributed by atoms with Gasteiger partial charge in [0.05, 0.1) is 22.9 Å². The van der Waals surface area contributed by atoms with Gasteiger partial charge in [-0.3, -0.25) is 4.79 Å². The van der Waals surface area contributed by atoms with Crippen molar-refractivity contribution >= 4 is 5.91 Å². The molecule has 3 rings (SSSR count). The fraction of sp³-hybridized carbons (Fsp3) is 0.304. The van der Waals surface area contributed by atoms with Crippen LogP contribution in [0.4, 0.5) is 0 Å². The molecule has 0 saturated carbocycles. The Morgan fingerprint density at radius 3 is 2.50 bits per heavy atom. The highest BCUT2D eigenvalue weighted by Gasteiger charge is 2.17. The van der Waals surface area contributed by atoms with Crippen LogP contribution < -0.4 is 10.1 Å². The second kappa shape index (κ2) is 8.74. The minimum Gasteiger partial charge on any atom is -0.488 e. The number of aromatic nitrogens is 1. The second-order valence-electron chi connectivity index (χ2n) is 6.88. The number of nitrogens with zero attached hydrogens (tertiary/aromatic N) is 1. The summed E-state index contributed by atoms with van der Waals surface area (Å²) in [5.41, 5.74) is 4.55. The van der Waals surface area contributed by atoms with E-state index in [1.807, 2.05) is 32.9 Å². The van der Waals surface area contributed by atoms with Gasteiger partial charge < -0.3 is 14.6 Å². The summed E-state index contributed by atoms with van der Waals surface area (Å²) in [7, 11) is 0. The summed E-state index contributed by atoms with van der Waals surface area (Å²) in [6.07, 6.45) is 0.997. The molecule has 2 aromatic carbocycles. The number of ether oxygens (including phenoxy) is 1. The highest BCUT2D eigenvalue weighted by Crippen LogP contribution is 2.23. The molecule has 1 aromatic heterocycles. The van der Waals surface area contributed by atoms with Crippen LogP contribution >= 0.6 is 0 Å². The Morgan fingerprint density at radius 1 is 1.14 bits per heavy atom. The molecule has 5 nitrogen and oxygen atoms in total. The number of hydrogen-bond acceptors (Lipinski definition) is 4. The van der Waals surface area contributed by atoms with Crippen LogP contribution in [0.5, 0.6) is 5.75 Å². The third-order valence-electron chi connectivity index (χ3n) is 4.92. The summed E-state index contributed by atoms with van der Waals surface area (Å²) in [6, 6.07) is 15.5. The molecule has 0 unspecified atom stereocenters. The molecule has 146 valence electrons. The zero-order chi connectivity index (χ0) is 20.1. The number of aryl methyl sites for hydroxylation is 3. The maximum absolute atomic E-state index is 12.8. The highest BCUT2D eigenvalue weighted by atomic mass is 16.5. The predicted octanol–water partition coefficient (Wildman–Crippen LogP) is 4.92. The largest absolute Gasteiger partial charge is 0.488 e. The van der Waals surface area contributed by atoms with Crippen LogP contribution in [0.25, 0.3) is 0 Å². The van der Waals surface area contributed by atoms with Crippen molar-refractivity contribution in [2.75, 3.05) is 0 Å². The van der Waals surface area contributed by atoms with Crippen LogP contribution in [0, 0.1) is 13.8 Å². The molecular weight excluding hydrogens is 352 g/mol. The summed E-state index contributed by atoms with van der Waals surface area (Å²) in [5, 5.41) is 6.99. The maximum Gasteiger partial charge on any atom is 0.255 e. The summed E-state index contributed by atoms with van der Waals surface area (Å²) in [6.45, 7) is 8.13. The van der Waals surface area contributed by atoms with E-state index in [-0.39, 0.29) is 11.9 Å². The van der Waals surface area contributed by atoms with E-state index < -0.39 is 0 Å². The summed E-state index contributed by atoms with van der Waals surface area (Å²) >= 11 is 0. The lowest BCUT2D eigenvalue weighted by Gasteiger charge is -2.17. The molecule has 1 atom stereocenters. The van der Waals surface area contributed by atoms with E-state index in [9.17, 15) is 4.79 Å². The Bertz CT molecular complexity index is 925. The smallest absolute Gasteiger partial charge is 0.255 e. The fourth-order valence-corrected chi connectivity index (χ4v) is 3.04. The van der Waals surface area contributed by atoms with Crippen molar-refractivity contribution in [2.45, 2.75) is 46.8 Å². The van der Waals surface area contributed by atoms with Crippen molar-refractivity contribution in [1.82, 2.24) is 10.5 Å². The van der Waals surface area contributed by atoms with Gasteiger partial charge in [-0.15, -0.1) is 0 Å². The van der Waals surface area contributed by atoms with E-state index in [2.05, 4.69) is 41.7 Å². The topological polar surface area (TPSA) is 64.4 Å². The lowest BCUT2D eigenvalue weighted by Crippen LogP contribution is -2.27. The van der Waals surface area contributed by atoms with E-state index in [1.54, 1.807) is 12.1 Å². The van der Waals surface area contributed by atoms with Gasteiger partial charge in [0.2, 0.25) is 0 Å². The number of carbonyl (C=O) groups excluding carboxylic acids is 1. The Labute approximate surface area is 165 Å². The first-order valence-corrected chi connectivity index (χ1v) is 9.52. The zero-order valence-electron chi connectivity index (χ0n) is 16.8. The van der Waals surface area contributed by atoms with Gasteiger partial charge in [-0.2, -0.15) is 0 Å². The summed E-state index contributed by atoms with van der Waals surface area (Å²) in [5.74, 6) is 1.10. The number of amides is 1. The van der Waals surface area contributed by atoms with Crippen molar-refractivity contribution in [2.24, 2.45) is 0 Å². The molecule has 0 bridgehead atoms. The van der Waals surface area contributed by atoms with E-state index in [0.29, 0.717) is 17.9 Å². The number of rotatable bonds is 7. The Kier molecular flexibility index (Phi) is 6.14. The van der Waals surface area contributed by atoms with Crippen LogP contribution in [-0.4, -0.2) is 11.1 Å². The van der Waals surface area contributed by atoms with E-state index in [4.69, 9.17) is 9.26 Å². The second-order valence-corrected chi connectivity index (χ2v) is 6.88. The predicted molar refractivity (Wildman–Crippen MR) is 108 cm³/mol. The van der Waals surface area contributed by atoms with Crippen molar-refractivity contribution < 1.29 is 14.1 Å². The molecule has 0 radical (unpaired) electrons. The molecule has 0 fully saturated rings. The van der Waals surface area contributed by atoms with Crippen LogP contribution in [0.15, 0.2) is 53.1 Å². The quantitative estimate of drug-likeness (QED) is 0.633. The molecule has 3 aromatic rings. The molecule has 1 amide bonds. The monoisotopic (exact) mass is 378 g/mol. The fourth-order valence-electron chi connectivity index (χ4n) is 3.04. The number of hydrogen-bond donors (Lipinski definition) is 1. The minimum atomic E-state index is -0.165. The van der Waals surface area contributed by atoms with E-state index in [0.717, 1.165) is 29.0 Å². The first-order chi connectivity index (χ1) is 13.5. The highest BCUT2D eigenvalue weighted by molar-refractivity contribution is 5.97. The van der Waals surface area contributed by atoms with E-state index in [1.165, 1.54) is 5.56 Å². The number of benzene rings is 2. The average molecular weight is 378 g/mol. The molecule has 1 heterocycles. The van der Waals surface area contributed by atoms with E-state index >= 15 is 0 Å². The Morgan fingerprint density at radius 2 is 1.86 bits per heavy atom. The normalized spacial score (nSPS) is 11.9. The molecule has 28 heavy (non-hydrogen) atoms. The van der Waals surface area contributed by atoms with Gasteiger partial charge in [0.1, 0.15) is 18.1 Å². The Balaban J connectivity index is 1.71. The molecule has 0 aliphatic rings. The lowest BCUT2D eigenvalue weighted by molar-refractivity contribution is 0.0935. The summed E-state index contributed by atoms with van der Waals surface area (Å²) in [4.78, 5) is 12.8. The lowest BCUT2D eigenvalue weighted by atomic mass is 10.0. The molecule has 0 aliphatic carbocycles. The van der Waals surface area contributed by atoms with Crippen molar-refractivity contribution in [3.05, 3.63) is 82.2 Å². The first kappa shape index (κ1) is 19.7. The number of para-hydroxylation sites is 1. The molecule has 5 heteroatoms. The van der Waals surface area contributed by atoms with Gasteiger partial charge >= 0.3 is 0 Å². The standard InChI is InChI=1S/C23H26N2O3/c1-5-18-10-12-19(13-11-18)15(2)24-23(26)20-8-6-7-9-22(20)27-14-21-16(3)25-28-17(21)4/h6-13,15H,5,14H2,1-4H3,(H,24,26)/t15-/m1/s1. The van der Waals surface area contributed by atoms with Gasteiger partial charge in [-0.05, 0) is 50.5 Å². The minimum absolute atomic E-state index is 0.103. The number of carbonyl (C=O) groups is 1. The number of nitrogens with one attached hydrogen (secondary N) is 1. The maximum atomic E-state index is 12.8. The SMILES string of the molecule is CCc1ccc([C@@H](C)NC(=O)c2ccccc2OCc2c(C)noc2C)cc1. The van der Waals surface area contributed by atoms with Gasteiger partial charge in [0.15, 0.2) is 0 Å². The molecule has 0 spiro atoms. The van der Waals surface area contributed by atoms with Gasteiger partial charge in [-0.25, -0.2) is 0 Å². The van der Waals surface area contributed by atoms with Gasteiger partial charge in [0.25, 0.3) is 5.91 Å². The van der Waals surface area contributed by atoms with Crippen molar-refractivity contribution in [3.63, 3.8) is 0 Å².